The first-order valence-electron chi connectivity index (χ1n) is 4.97. The molecule has 82 valence electrons. The van der Waals surface area contributed by atoms with Crippen LogP contribution in [0.3, 0.4) is 0 Å². The van der Waals surface area contributed by atoms with Crippen molar-refractivity contribution in [3.63, 3.8) is 0 Å². The van der Waals surface area contributed by atoms with Gasteiger partial charge in [-0.25, -0.2) is 0 Å². The number of ether oxygens (including phenoxy) is 1. The fraction of sp³-hybridized carbons (Fsp3) is 0.600. The molecule has 0 saturated carbocycles. The lowest BCUT2D eigenvalue weighted by Crippen LogP contribution is -2.33. The molecule has 15 heavy (non-hydrogen) atoms. The largest absolute Gasteiger partial charge is 0.465 e. The van der Waals surface area contributed by atoms with Crippen molar-refractivity contribution in [1.82, 2.24) is 4.98 Å². The highest BCUT2D eigenvalue weighted by molar-refractivity contribution is 7.09. The van der Waals surface area contributed by atoms with Crippen molar-refractivity contribution in [2.24, 2.45) is 0 Å². The number of carbonyl (C=O) groups is 1. The first-order chi connectivity index (χ1) is 7.08. The molecule has 1 N–H and O–H groups in total. The lowest BCUT2D eigenvalue weighted by atomic mass is 9.88. The van der Waals surface area contributed by atoms with E-state index in [0.717, 1.165) is 23.4 Å². The van der Waals surface area contributed by atoms with E-state index in [1.165, 1.54) is 11.3 Å². The zero-order valence-electron chi connectivity index (χ0n) is 8.75. The lowest BCUT2D eigenvalue weighted by molar-refractivity contribution is -0.149. The molecular weight excluding hydrogens is 214 g/mol. The number of aromatic nitrogens is 1. The first kappa shape index (κ1) is 10.4. The van der Waals surface area contributed by atoms with Crippen LogP contribution in [0, 0.1) is 0 Å². The van der Waals surface area contributed by atoms with Gasteiger partial charge >= 0.3 is 10.8 Å². The van der Waals surface area contributed by atoms with Crippen LogP contribution in [0.15, 0.2) is 4.79 Å². The molecule has 1 unspecified atom stereocenters. The molecule has 1 heterocycles. The summed E-state index contributed by atoms with van der Waals surface area (Å²) in [4.78, 5) is 26.6. The minimum absolute atomic E-state index is 0.0878. The van der Waals surface area contributed by atoms with Gasteiger partial charge in [-0.2, -0.15) is 0 Å². The first-order valence-corrected chi connectivity index (χ1v) is 5.79. The number of thiazole rings is 1. The molecule has 0 aromatic carbocycles. The number of hydrogen-bond acceptors (Lipinski definition) is 4. The summed E-state index contributed by atoms with van der Waals surface area (Å²) in [5.74, 6) is -0.238. The number of fused-ring (bicyclic) bond motifs is 1. The van der Waals surface area contributed by atoms with E-state index in [2.05, 4.69) is 4.98 Å². The second-order valence-corrected chi connectivity index (χ2v) is 4.93. The topological polar surface area (TPSA) is 59.2 Å². The van der Waals surface area contributed by atoms with Crippen LogP contribution in [0.2, 0.25) is 0 Å². The predicted octanol–water partition coefficient (Wildman–Crippen LogP) is 1.20. The normalized spacial score (nSPS) is 23.9. The number of esters is 1. The zero-order chi connectivity index (χ0) is 11.1. The van der Waals surface area contributed by atoms with Crippen molar-refractivity contribution in [3.05, 3.63) is 20.2 Å². The summed E-state index contributed by atoms with van der Waals surface area (Å²) in [6.07, 6.45) is 1.51. The molecule has 0 radical (unpaired) electrons. The SMILES string of the molecule is CCOC(=O)C1(C)CCc2sc(=O)[nH]c21. The maximum absolute atomic E-state index is 11.8. The van der Waals surface area contributed by atoms with E-state index in [0.29, 0.717) is 6.61 Å². The van der Waals surface area contributed by atoms with Gasteiger partial charge in [-0.3, -0.25) is 9.59 Å². The Balaban J connectivity index is 2.39. The van der Waals surface area contributed by atoms with Gasteiger partial charge in [0.15, 0.2) is 0 Å². The average Bonchev–Trinajstić information content (AvgIpc) is 2.68. The molecule has 1 aliphatic carbocycles. The number of aromatic amines is 1. The van der Waals surface area contributed by atoms with Crippen molar-refractivity contribution >= 4 is 17.3 Å². The van der Waals surface area contributed by atoms with Crippen LogP contribution in [-0.4, -0.2) is 17.6 Å². The Morgan fingerprint density at radius 2 is 2.40 bits per heavy atom. The molecule has 0 amide bonds. The molecule has 0 aliphatic heterocycles. The van der Waals surface area contributed by atoms with Crippen LogP contribution in [0.25, 0.3) is 0 Å². The predicted molar refractivity (Wildman–Crippen MR) is 57.2 cm³/mol. The van der Waals surface area contributed by atoms with E-state index in [9.17, 15) is 9.59 Å². The highest BCUT2D eigenvalue weighted by atomic mass is 32.1. The van der Waals surface area contributed by atoms with Gasteiger partial charge in [0.1, 0.15) is 5.41 Å². The lowest BCUT2D eigenvalue weighted by Gasteiger charge is -2.20. The van der Waals surface area contributed by atoms with Gasteiger partial charge in [0.25, 0.3) is 0 Å². The van der Waals surface area contributed by atoms with Crippen molar-refractivity contribution in [2.75, 3.05) is 6.61 Å². The maximum Gasteiger partial charge on any atom is 0.317 e. The number of H-pyrrole nitrogens is 1. The minimum atomic E-state index is -0.648. The van der Waals surface area contributed by atoms with Gasteiger partial charge in [-0.1, -0.05) is 11.3 Å². The zero-order valence-corrected chi connectivity index (χ0v) is 9.57. The van der Waals surface area contributed by atoms with E-state index >= 15 is 0 Å². The van der Waals surface area contributed by atoms with Crippen molar-refractivity contribution in [3.8, 4) is 0 Å². The number of aryl methyl sites for hydroxylation is 1. The summed E-state index contributed by atoms with van der Waals surface area (Å²) in [6, 6.07) is 0. The number of carbonyl (C=O) groups excluding carboxylic acids is 1. The standard InChI is InChI=1S/C10H13NO3S/c1-3-14-8(12)10(2)5-4-6-7(10)11-9(13)15-6/h3-5H2,1-2H3,(H,11,13). The molecule has 4 nitrogen and oxygen atoms in total. The molecule has 0 bridgehead atoms. The molecule has 0 spiro atoms. The van der Waals surface area contributed by atoms with Gasteiger partial charge in [0.2, 0.25) is 0 Å². The number of nitrogens with one attached hydrogen (secondary N) is 1. The van der Waals surface area contributed by atoms with E-state index in [1.54, 1.807) is 6.92 Å². The van der Waals surface area contributed by atoms with Crippen LogP contribution >= 0.6 is 11.3 Å². The van der Waals surface area contributed by atoms with Crippen molar-refractivity contribution in [2.45, 2.75) is 32.1 Å². The summed E-state index contributed by atoms with van der Waals surface area (Å²) in [5.41, 5.74) is 0.112. The monoisotopic (exact) mass is 227 g/mol. The van der Waals surface area contributed by atoms with Crippen LogP contribution in [0.1, 0.15) is 30.8 Å². The Morgan fingerprint density at radius 3 is 3.07 bits per heavy atom. The van der Waals surface area contributed by atoms with Gasteiger partial charge in [0, 0.05) is 10.6 Å². The molecule has 1 aliphatic rings. The van der Waals surface area contributed by atoms with E-state index < -0.39 is 5.41 Å². The molecule has 2 rings (SSSR count). The Labute approximate surface area is 91.3 Å². The third kappa shape index (κ3) is 1.51. The maximum atomic E-state index is 11.8. The summed E-state index contributed by atoms with van der Waals surface area (Å²) in [6.45, 7) is 3.99. The third-order valence-electron chi connectivity index (χ3n) is 2.85. The third-order valence-corrected chi connectivity index (χ3v) is 3.79. The van der Waals surface area contributed by atoms with Crippen LogP contribution < -0.4 is 4.87 Å². The highest BCUT2D eigenvalue weighted by Crippen LogP contribution is 2.39. The Morgan fingerprint density at radius 1 is 1.67 bits per heavy atom. The highest BCUT2D eigenvalue weighted by Gasteiger charge is 2.44. The van der Waals surface area contributed by atoms with Crippen molar-refractivity contribution in [1.29, 1.82) is 0 Å². The van der Waals surface area contributed by atoms with Crippen molar-refractivity contribution < 1.29 is 9.53 Å². The smallest absolute Gasteiger partial charge is 0.317 e. The average molecular weight is 227 g/mol. The number of rotatable bonds is 2. The van der Waals surface area contributed by atoms with E-state index in [1.807, 2.05) is 6.92 Å². The van der Waals surface area contributed by atoms with Gasteiger partial charge in [-0.05, 0) is 26.7 Å². The minimum Gasteiger partial charge on any atom is -0.465 e. The Bertz CT molecular complexity index is 448. The molecule has 5 heteroatoms. The summed E-state index contributed by atoms with van der Waals surface area (Å²) < 4.78 is 5.04. The molecule has 1 atom stereocenters. The fourth-order valence-corrected chi connectivity index (χ4v) is 2.92. The van der Waals surface area contributed by atoms with Gasteiger partial charge in [0.05, 0.1) is 6.61 Å². The molecular formula is C10H13NO3S. The summed E-state index contributed by atoms with van der Waals surface area (Å²) in [7, 11) is 0. The van der Waals surface area contributed by atoms with Gasteiger partial charge in [-0.15, -0.1) is 0 Å². The molecule has 0 saturated heterocycles. The quantitative estimate of drug-likeness (QED) is 0.772. The fourth-order valence-electron chi connectivity index (χ4n) is 1.96. The molecule has 1 aromatic rings. The van der Waals surface area contributed by atoms with Gasteiger partial charge < -0.3 is 9.72 Å². The molecule has 1 aromatic heterocycles. The summed E-state index contributed by atoms with van der Waals surface area (Å²) in [5, 5.41) is 0. The van der Waals surface area contributed by atoms with E-state index in [-0.39, 0.29) is 10.8 Å². The second-order valence-electron chi connectivity index (χ2n) is 3.87. The van der Waals surface area contributed by atoms with Crippen LogP contribution in [-0.2, 0) is 21.4 Å². The number of hydrogen-bond donors (Lipinski definition) is 1. The Hall–Kier alpha value is -1.10. The molecule has 0 fully saturated rings. The van der Waals surface area contributed by atoms with Crippen LogP contribution in [0.4, 0.5) is 0 Å². The van der Waals surface area contributed by atoms with Crippen LogP contribution in [0.5, 0.6) is 0 Å². The summed E-state index contributed by atoms with van der Waals surface area (Å²) >= 11 is 1.20. The van der Waals surface area contributed by atoms with E-state index in [4.69, 9.17) is 4.74 Å². The second kappa shape index (κ2) is 3.48. The Kier molecular flexibility index (Phi) is 2.42.